The summed E-state index contributed by atoms with van der Waals surface area (Å²) in [5.74, 6) is 0.384. The Bertz CT molecular complexity index is 835. The van der Waals surface area contributed by atoms with Gasteiger partial charge in [0.2, 0.25) is 11.8 Å². The fourth-order valence-corrected chi connectivity index (χ4v) is 4.22. The summed E-state index contributed by atoms with van der Waals surface area (Å²) in [6.07, 6.45) is 2.99. The molecule has 2 amide bonds. The number of hydrogen-bond donors (Lipinski definition) is 0. The molecule has 0 aromatic heterocycles. The lowest BCUT2D eigenvalue weighted by Gasteiger charge is -2.22. The third-order valence-corrected chi connectivity index (χ3v) is 5.87. The highest BCUT2D eigenvalue weighted by molar-refractivity contribution is 5.95. The molecule has 5 heteroatoms. The Morgan fingerprint density at radius 1 is 0.793 bits per heavy atom. The summed E-state index contributed by atoms with van der Waals surface area (Å²) in [4.78, 5) is 31.0. The monoisotopic (exact) mass is 391 g/mol. The number of carbonyl (C=O) groups is 2. The minimum atomic E-state index is 0.191. The Labute approximate surface area is 172 Å². The topological polar surface area (TPSA) is 43.9 Å². The number of nitrogens with zero attached hydrogens (tertiary/aromatic N) is 3. The van der Waals surface area contributed by atoms with Crippen molar-refractivity contribution < 1.29 is 9.59 Å². The van der Waals surface area contributed by atoms with Gasteiger partial charge in [-0.3, -0.25) is 14.5 Å². The quantitative estimate of drug-likeness (QED) is 0.787. The van der Waals surface area contributed by atoms with Crippen molar-refractivity contribution in [3.8, 4) is 0 Å². The fraction of sp³-hybridized carbons (Fsp3) is 0.417. The van der Waals surface area contributed by atoms with Crippen LogP contribution in [0.2, 0.25) is 0 Å². The van der Waals surface area contributed by atoms with Crippen LogP contribution < -0.4 is 4.90 Å². The van der Waals surface area contributed by atoms with E-state index in [4.69, 9.17) is 0 Å². The van der Waals surface area contributed by atoms with Crippen molar-refractivity contribution in [3.05, 3.63) is 65.7 Å². The third kappa shape index (κ3) is 5.04. The van der Waals surface area contributed by atoms with Crippen LogP contribution in [-0.4, -0.2) is 54.3 Å². The van der Waals surface area contributed by atoms with Crippen molar-refractivity contribution in [3.63, 3.8) is 0 Å². The molecule has 5 nitrogen and oxygen atoms in total. The summed E-state index contributed by atoms with van der Waals surface area (Å²) in [5.41, 5.74) is 3.27. The van der Waals surface area contributed by atoms with E-state index in [-0.39, 0.29) is 11.8 Å². The van der Waals surface area contributed by atoms with Crippen LogP contribution in [-0.2, 0) is 22.6 Å². The van der Waals surface area contributed by atoms with E-state index in [1.807, 2.05) is 40.1 Å². The molecule has 0 radical (unpaired) electrons. The van der Waals surface area contributed by atoms with Gasteiger partial charge in [0.15, 0.2) is 0 Å². The van der Waals surface area contributed by atoms with Gasteiger partial charge in [-0.2, -0.15) is 0 Å². The molecule has 2 aromatic carbocycles. The van der Waals surface area contributed by atoms with Crippen LogP contribution in [0.3, 0.4) is 0 Å². The highest BCUT2D eigenvalue weighted by atomic mass is 16.2. The van der Waals surface area contributed by atoms with Gasteiger partial charge < -0.3 is 9.80 Å². The lowest BCUT2D eigenvalue weighted by Crippen LogP contribution is -2.36. The van der Waals surface area contributed by atoms with Gasteiger partial charge in [-0.15, -0.1) is 0 Å². The predicted molar refractivity (Wildman–Crippen MR) is 115 cm³/mol. The molecular weight excluding hydrogens is 362 g/mol. The van der Waals surface area contributed by atoms with Crippen LogP contribution in [0, 0.1) is 0 Å². The molecule has 2 heterocycles. The second-order valence-corrected chi connectivity index (χ2v) is 7.99. The SMILES string of the molecule is O=C(Cc1ccc(N2CCCC2=O)cc1)N1CCCN(Cc2ccccc2)CC1. The average Bonchev–Trinajstić information content (AvgIpc) is 3.03. The molecule has 0 atom stereocenters. The molecule has 2 saturated heterocycles. The maximum Gasteiger partial charge on any atom is 0.227 e. The highest BCUT2D eigenvalue weighted by Crippen LogP contribution is 2.22. The molecule has 0 unspecified atom stereocenters. The van der Waals surface area contributed by atoms with Gasteiger partial charge in [0, 0.05) is 51.4 Å². The Hall–Kier alpha value is -2.66. The number of rotatable bonds is 5. The molecule has 2 fully saturated rings. The number of amides is 2. The lowest BCUT2D eigenvalue weighted by atomic mass is 10.1. The number of benzene rings is 2. The van der Waals surface area contributed by atoms with E-state index in [1.165, 1.54) is 5.56 Å². The first-order valence-electron chi connectivity index (χ1n) is 10.6. The number of anilines is 1. The maximum absolute atomic E-state index is 12.8. The van der Waals surface area contributed by atoms with E-state index in [1.54, 1.807) is 0 Å². The van der Waals surface area contributed by atoms with Crippen LogP contribution in [0.15, 0.2) is 54.6 Å². The zero-order valence-corrected chi connectivity index (χ0v) is 16.9. The summed E-state index contributed by atoms with van der Waals surface area (Å²) in [7, 11) is 0. The van der Waals surface area contributed by atoms with Gasteiger partial charge in [0.25, 0.3) is 0 Å². The molecule has 2 aliphatic rings. The van der Waals surface area contributed by atoms with Gasteiger partial charge in [-0.25, -0.2) is 0 Å². The van der Waals surface area contributed by atoms with Gasteiger partial charge in [0.1, 0.15) is 0 Å². The molecule has 0 N–H and O–H groups in total. The third-order valence-electron chi connectivity index (χ3n) is 5.87. The molecule has 0 bridgehead atoms. The second-order valence-electron chi connectivity index (χ2n) is 7.99. The van der Waals surface area contributed by atoms with E-state index < -0.39 is 0 Å². The number of carbonyl (C=O) groups excluding carboxylic acids is 2. The maximum atomic E-state index is 12.8. The Balaban J connectivity index is 1.30. The van der Waals surface area contributed by atoms with E-state index in [9.17, 15) is 9.59 Å². The minimum Gasteiger partial charge on any atom is -0.341 e. The molecule has 2 aliphatic heterocycles. The van der Waals surface area contributed by atoms with Gasteiger partial charge >= 0.3 is 0 Å². The molecule has 152 valence electrons. The van der Waals surface area contributed by atoms with E-state index in [0.29, 0.717) is 12.8 Å². The first-order valence-corrected chi connectivity index (χ1v) is 10.6. The Kier molecular flexibility index (Phi) is 6.25. The zero-order valence-electron chi connectivity index (χ0n) is 16.9. The summed E-state index contributed by atoms with van der Waals surface area (Å²) in [6, 6.07) is 18.4. The molecule has 29 heavy (non-hydrogen) atoms. The fourth-order valence-electron chi connectivity index (χ4n) is 4.22. The molecule has 0 saturated carbocycles. The highest BCUT2D eigenvalue weighted by Gasteiger charge is 2.22. The van der Waals surface area contributed by atoms with Crippen LogP contribution in [0.25, 0.3) is 0 Å². The average molecular weight is 392 g/mol. The van der Waals surface area contributed by atoms with Gasteiger partial charge in [0.05, 0.1) is 6.42 Å². The number of hydrogen-bond acceptors (Lipinski definition) is 3. The Morgan fingerprint density at radius 2 is 1.59 bits per heavy atom. The second kappa shape index (κ2) is 9.23. The van der Waals surface area contributed by atoms with Crippen LogP contribution in [0.4, 0.5) is 5.69 Å². The van der Waals surface area contributed by atoms with Crippen LogP contribution >= 0.6 is 0 Å². The standard InChI is InChI=1S/C24H29N3O2/c28-23-8-4-15-27(23)22-11-9-20(10-12-22)18-24(29)26-14-5-13-25(16-17-26)19-21-6-2-1-3-7-21/h1-3,6-7,9-12H,4-5,8,13-19H2. The smallest absolute Gasteiger partial charge is 0.227 e. The normalized spacial score (nSPS) is 18.1. The largest absolute Gasteiger partial charge is 0.341 e. The van der Waals surface area contributed by atoms with E-state index >= 15 is 0 Å². The molecular formula is C24H29N3O2. The molecule has 2 aromatic rings. The first-order chi connectivity index (χ1) is 14.2. The van der Waals surface area contributed by atoms with Gasteiger partial charge in [-0.1, -0.05) is 42.5 Å². The van der Waals surface area contributed by atoms with Crippen molar-refractivity contribution in [1.29, 1.82) is 0 Å². The van der Waals surface area contributed by atoms with Crippen LogP contribution in [0.5, 0.6) is 0 Å². The van der Waals surface area contributed by atoms with Gasteiger partial charge in [-0.05, 0) is 36.1 Å². The van der Waals surface area contributed by atoms with Crippen LogP contribution in [0.1, 0.15) is 30.4 Å². The predicted octanol–water partition coefficient (Wildman–Crippen LogP) is 3.09. The van der Waals surface area contributed by atoms with E-state index in [0.717, 1.165) is 63.4 Å². The molecule has 0 aliphatic carbocycles. The van der Waals surface area contributed by atoms with Crippen molar-refractivity contribution in [2.75, 3.05) is 37.6 Å². The van der Waals surface area contributed by atoms with Crippen molar-refractivity contribution in [2.24, 2.45) is 0 Å². The van der Waals surface area contributed by atoms with Crippen molar-refractivity contribution >= 4 is 17.5 Å². The van der Waals surface area contributed by atoms with Crippen molar-refractivity contribution in [1.82, 2.24) is 9.80 Å². The molecule has 4 rings (SSSR count). The first kappa shape index (κ1) is 19.6. The zero-order chi connectivity index (χ0) is 20.1. The lowest BCUT2D eigenvalue weighted by molar-refractivity contribution is -0.130. The summed E-state index contributed by atoms with van der Waals surface area (Å²) in [6.45, 7) is 5.29. The van der Waals surface area contributed by atoms with E-state index in [2.05, 4.69) is 29.2 Å². The Morgan fingerprint density at radius 3 is 2.31 bits per heavy atom. The summed E-state index contributed by atoms with van der Waals surface area (Å²) >= 11 is 0. The van der Waals surface area contributed by atoms with Crippen molar-refractivity contribution in [2.45, 2.75) is 32.2 Å². The summed E-state index contributed by atoms with van der Waals surface area (Å²) in [5, 5.41) is 0. The minimum absolute atomic E-state index is 0.191. The molecule has 0 spiro atoms. The summed E-state index contributed by atoms with van der Waals surface area (Å²) < 4.78 is 0.